The lowest BCUT2D eigenvalue weighted by Crippen LogP contribution is -2.30. The number of carbonyl (C=O) groups excluding carboxylic acids is 6. The molecule has 0 atom stereocenters. The molecule has 0 saturated carbocycles. The minimum atomic E-state index is -0.251. The van der Waals surface area contributed by atoms with Crippen molar-refractivity contribution in [1.82, 2.24) is 10.6 Å². The Hall–Kier alpha value is -6.02. The summed E-state index contributed by atoms with van der Waals surface area (Å²) in [7, 11) is 0. The summed E-state index contributed by atoms with van der Waals surface area (Å²) < 4.78 is 0. The number of unbranched alkanes of at least 4 members (excludes halogenated alkanes) is 2. The van der Waals surface area contributed by atoms with Crippen LogP contribution in [0, 0.1) is 0 Å². The number of carbonyl (C=O) groups is 6. The van der Waals surface area contributed by atoms with Gasteiger partial charge in [0.1, 0.15) is 0 Å². The maximum atomic E-state index is 12.5. The lowest BCUT2D eigenvalue weighted by Gasteiger charge is -2.08. The molecule has 0 heterocycles. The number of nitrogens with one attached hydrogen (secondary N) is 2. The Morgan fingerprint density at radius 1 is 0.481 bits per heavy atom. The fraction of sp³-hybridized carbons (Fsp3) is 0.227. The van der Waals surface area contributed by atoms with E-state index in [4.69, 9.17) is 0 Å². The third-order valence-electron chi connectivity index (χ3n) is 8.02. The van der Waals surface area contributed by atoms with Crippen LogP contribution in [-0.2, 0) is 9.59 Å². The van der Waals surface area contributed by atoms with Crippen LogP contribution in [0.25, 0.3) is 0 Å². The van der Waals surface area contributed by atoms with Gasteiger partial charge in [0, 0.05) is 64.9 Å². The quantitative estimate of drug-likeness (QED) is 0.0618. The van der Waals surface area contributed by atoms with Crippen molar-refractivity contribution in [2.75, 3.05) is 13.1 Å². The SMILES string of the molecule is C=C(C)C(=O)CCCCCC(=O)c1ccc(C(=O)c2ccccc2)cc1.C=C(C)C(=O)NCCCNC(=O)c1cccc(C(=O)c2ccccc2)c1. The predicted molar refractivity (Wildman–Crippen MR) is 205 cm³/mol. The predicted octanol–water partition coefficient (Wildman–Crippen LogP) is 7.93. The summed E-state index contributed by atoms with van der Waals surface area (Å²) in [6, 6.07) is 31.5. The molecular formula is C44H46N2O6. The molecule has 52 heavy (non-hydrogen) atoms. The molecule has 0 radical (unpaired) electrons. The van der Waals surface area contributed by atoms with Crippen LogP contribution in [0.4, 0.5) is 0 Å². The van der Waals surface area contributed by atoms with Crippen molar-refractivity contribution in [3.63, 3.8) is 0 Å². The zero-order valence-corrected chi connectivity index (χ0v) is 29.9. The Morgan fingerprint density at radius 2 is 0.962 bits per heavy atom. The number of Topliss-reactive ketones (excluding diaryl/α,β-unsaturated/α-hetero) is 2. The third kappa shape index (κ3) is 13.4. The van der Waals surface area contributed by atoms with Crippen LogP contribution < -0.4 is 10.6 Å². The molecule has 268 valence electrons. The first-order chi connectivity index (χ1) is 25.0. The lowest BCUT2D eigenvalue weighted by molar-refractivity contribution is -0.117. The van der Waals surface area contributed by atoms with Gasteiger partial charge in [-0.05, 0) is 50.8 Å². The summed E-state index contributed by atoms with van der Waals surface area (Å²) in [6.07, 6.45) is 3.94. The highest BCUT2D eigenvalue weighted by atomic mass is 16.2. The summed E-state index contributed by atoms with van der Waals surface area (Å²) in [5.74, 6) is -0.457. The van der Waals surface area contributed by atoms with Gasteiger partial charge in [-0.3, -0.25) is 28.8 Å². The highest BCUT2D eigenvalue weighted by molar-refractivity contribution is 6.10. The van der Waals surface area contributed by atoms with Gasteiger partial charge in [0.05, 0.1) is 0 Å². The van der Waals surface area contributed by atoms with E-state index in [1.807, 2.05) is 24.3 Å². The Kier molecular flexibility index (Phi) is 16.5. The number of rotatable bonds is 18. The molecule has 0 aliphatic heterocycles. The normalized spacial score (nSPS) is 10.2. The van der Waals surface area contributed by atoms with E-state index in [0.717, 1.165) is 19.3 Å². The summed E-state index contributed by atoms with van der Waals surface area (Å²) in [5.41, 5.74) is 4.35. The Labute approximate surface area is 306 Å². The molecular weight excluding hydrogens is 652 g/mol. The Balaban J connectivity index is 0.000000280. The molecule has 8 nitrogen and oxygen atoms in total. The number of ketones is 4. The van der Waals surface area contributed by atoms with Crippen LogP contribution in [0.2, 0.25) is 0 Å². The summed E-state index contributed by atoms with van der Waals surface area (Å²) in [6.45, 7) is 11.4. The molecule has 0 aliphatic carbocycles. The van der Waals surface area contributed by atoms with Gasteiger partial charge in [0.25, 0.3) is 5.91 Å². The maximum Gasteiger partial charge on any atom is 0.251 e. The zero-order chi connectivity index (χ0) is 37.9. The van der Waals surface area contributed by atoms with Crippen molar-refractivity contribution in [3.05, 3.63) is 167 Å². The van der Waals surface area contributed by atoms with Gasteiger partial charge < -0.3 is 10.6 Å². The molecule has 0 unspecified atom stereocenters. The third-order valence-corrected chi connectivity index (χ3v) is 8.02. The van der Waals surface area contributed by atoms with Gasteiger partial charge >= 0.3 is 0 Å². The van der Waals surface area contributed by atoms with Gasteiger partial charge in [-0.15, -0.1) is 0 Å². The van der Waals surface area contributed by atoms with E-state index in [2.05, 4.69) is 23.8 Å². The second-order valence-corrected chi connectivity index (χ2v) is 12.4. The Morgan fingerprint density at radius 3 is 1.54 bits per heavy atom. The molecule has 4 rings (SSSR count). The van der Waals surface area contributed by atoms with E-state index in [1.165, 1.54) is 0 Å². The second kappa shape index (κ2) is 21.3. The second-order valence-electron chi connectivity index (χ2n) is 12.4. The number of hydrogen-bond acceptors (Lipinski definition) is 6. The number of benzene rings is 4. The molecule has 0 aromatic heterocycles. The van der Waals surface area contributed by atoms with Crippen molar-refractivity contribution in [1.29, 1.82) is 0 Å². The zero-order valence-electron chi connectivity index (χ0n) is 29.9. The van der Waals surface area contributed by atoms with Gasteiger partial charge in [-0.1, -0.05) is 117 Å². The van der Waals surface area contributed by atoms with Crippen molar-refractivity contribution in [2.24, 2.45) is 0 Å². The molecule has 4 aromatic rings. The molecule has 2 N–H and O–H groups in total. The first kappa shape index (κ1) is 40.4. The minimum Gasteiger partial charge on any atom is -0.352 e. The van der Waals surface area contributed by atoms with Crippen LogP contribution in [0.3, 0.4) is 0 Å². The fourth-order valence-electron chi connectivity index (χ4n) is 4.97. The summed E-state index contributed by atoms with van der Waals surface area (Å²) in [5, 5.41) is 5.49. The van der Waals surface area contributed by atoms with Gasteiger partial charge in [-0.2, -0.15) is 0 Å². The van der Waals surface area contributed by atoms with E-state index in [0.29, 0.717) is 76.9 Å². The highest BCUT2D eigenvalue weighted by Gasteiger charge is 2.13. The van der Waals surface area contributed by atoms with Crippen LogP contribution in [0.1, 0.15) is 105 Å². The van der Waals surface area contributed by atoms with Crippen molar-refractivity contribution < 1.29 is 28.8 Å². The lowest BCUT2D eigenvalue weighted by atomic mass is 9.99. The molecule has 2 amide bonds. The minimum absolute atomic E-state index is 0.0493. The van der Waals surface area contributed by atoms with E-state index < -0.39 is 0 Å². The van der Waals surface area contributed by atoms with Crippen LogP contribution in [-0.4, -0.2) is 48.0 Å². The van der Waals surface area contributed by atoms with Gasteiger partial charge in [-0.25, -0.2) is 0 Å². The van der Waals surface area contributed by atoms with Crippen LogP contribution >= 0.6 is 0 Å². The summed E-state index contributed by atoms with van der Waals surface area (Å²) in [4.78, 5) is 72.1. The van der Waals surface area contributed by atoms with Crippen molar-refractivity contribution in [2.45, 2.75) is 52.4 Å². The number of hydrogen-bond donors (Lipinski definition) is 2. The van der Waals surface area contributed by atoms with Crippen molar-refractivity contribution in [3.8, 4) is 0 Å². The fourth-order valence-corrected chi connectivity index (χ4v) is 4.97. The summed E-state index contributed by atoms with van der Waals surface area (Å²) >= 11 is 0. The highest BCUT2D eigenvalue weighted by Crippen LogP contribution is 2.15. The van der Waals surface area contributed by atoms with E-state index >= 15 is 0 Å². The average Bonchev–Trinajstić information content (AvgIpc) is 3.17. The van der Waals surface area contributed by atoms with Gasteiger partial charge in [0.2, 0.25) is 5.91 Å². The molecule has 4 aromatic carbocycles. The van der Waals surface area contributed by atoms with Crippen LogP contribution in [0.15, 0.2) is 133 Å². The average molecular weight is 699 g/mol. The first-order valence-electron chi connectivity index (χ1n) is 17.3. The smallest absolute Gasteiger partial charge is 0.251 e. The van der Waals surface area contributed by atoms with Crippen molar-refractivity contribution >= 4 is 34.9 Å². The number of allylic oxidation sites excluding steroid dienone is 1. The topological polar surface area (TPSA) is 126 Å². The van der Waals surface area contributed by atoms with Gasteiger partial charge in [0.15, 0.2) is 23.1 Å². The monoisotopic (exact) mass is 698 g/mol. The molecule has 8 heteroatoms. The van der Waals surface area contributed by atoms with E-state index in [-0.39, 0.29) is 34.9 Å². The maximum absolute atomic E-state index is 12.5. The molecule has 0 bridgehead atoms. The van der Waals surface area contributed by atoms with E-state index in [1.54, 1.807) is 98.8 Å². The van der Waals surface area contributed by atoms with E-state index in [9.17, 15) is 28.8 Å². The number of amides is 2. The molecule has 0 saturated heterocycles. The molecule has 0 aliphatic rings. The Bertz CT molecular complexity index is 1880. The molecule has 0 spiro atoms. The van der Waals surface area contributed by atoms with Crippen LogP contribution in [0.5, 0.6) is 0 Å². The largest absolute Gasteiger partial charge is 0.352 e. The molecule has 0 fully saturated rings. The standard InChI is InChI=1S/C23H24O3.C21H22N2O3/c1-17(2)21(24)11-7-4-8-12-22(25)18-13-15-20(16-14-18)23(26)19-9-5-3-6-10-19;1-15(2)20(25)22-12-7-13-23-21(26)18-11-6-10-17(14-18)19(24)16-8-4-3-5-9-16/h3,5-6,9-10,13-16H,1,4,7-8,11-12H2,2H3;3-6,8-11,14H,1,7,12-13H2,2H3,(H,22,25)(H,23,26). The first-order valence-corrected chi connectivity index (χ1v) is 17.3.